The van der Waals surface area contributed by atoms with Crippen molar-refractivity contribution in [3.8, 4) is 11.3 Å². The van der Waals surface area contributed by atoms with E-state index in [-0.39, 0.29) is 5.91 Å². The Balaban J connectivity index is 1.14. The van der Waals surface area contributed by atoms with Crippen molar-refractivity contribution in [1.29, 1.82) is 0 Å². The van der Waals surface area contributed by atoms with Crippen LogP contribution < -0.4 is 10.9 Å². The Bertz CT molecular complexity index is 941. The summed E-state index contributed by atoms with van der Waals surface area (Å²) in [5, 5.41) is 0. The van der Waals surface area contributed by atoms with Crippen LogP contribution in [0.4, 0.5) is 0 Å². The maximum atomic E-state index is 12.7. The van der Waals surface area contributed by atoms with Crippen molar-refractivity contribution in [2.24, 2.45) is 0 Å². The quantitative estimate of drug-likeness (QED) is 0.498. The second-order valence-electron chi connectivity index (χ2n) is 8.20. The Morgan fingerprint density at radius 2 is 1.87 bits per heavy atom. The maximum Gasteiger partial charge on any atom is 0.253 e. The molecule has 2 atom stereocenters. The molecule has 4 rings (SSSR count). The van der Waals surface area contributed by atoms with Crippen molar-refractivity contribution < 1.29 is 9.21 Å². The molecule has 3 aromatic rings. The maximum absolute atomic E-state index is 12.7. The van der Waals surface area contributed by atoms with Gasteiger partial charge in [-0.3, -0.25) is 15.6 Å². The number of nitrogens with zero attached hydrogens (tertiary/aromatic N) is 2. The largest absolute Gasteiger partial charge is 0.444 e. The molecule has 0 saturated carbocycles. The second kappa shape index (κ2) is 10.4. The summed E-state index contributed by atoms with van der Waals surface area (Å²) in [6, 6.07) is 19.0. The molecule has 162 valence electrons. The molecule has 0 spiro atoms. The number of hydrazine groups is 1. The van der Waals surface area contributed by atoms with Gasteiger partial charge < -0.3 is 9.32 Å². The van der Waals surface area contributed by atoms with E-state index in [0.29, 0.717) is 23.4 Å². The molecular formula is C25H30N4O2. The topological polar surface area (TPSA) is 70.4 Å². The van der Waals surface area contributed by atoms with E-state index in [1.807, 2.05) is 36.2 Å². The van der Waals surface area contributed by atoms with Crippen LogP contribution in [0.2, 0.25) is 0 Å². The molecule has 1 aromatic heterocycles. The molecule has 1 saturated heterocycles. The molecule has 1 amide bonds. The first kappa shape index (κ1) is 21.3. The number of rotatable bonds is 9. The predicted octanol–water partition coefficient (Wildman–Crippen LogP) is 4.58. The van der Waals surface area contributed by atoms with Crippen molar-refractivity contribution in [3.63, 3.8) is 0 Å². The second-order valence-corrected chi connectivity index (χ2v) is 8.20. The zero-order chi connectivity index (χ0) is 21.5. The molecule has 1 aliphatic heterocycles. The molecule has 6 heteroatoms. The van der Waals surface area contributed by atoms with Crippen LogP contribution in [0, 0.1) is 0 Å². The van der Waals surface area contributed by atoms with E-state index < -0.39 is 0 Å². The van der Waals surface area contributed by atoms with Crippen LogP contribution in [-0.2, 0) is 0 Å². The van der Waals surface area contributed by atoms with Gasteiger partial charge in [-0.1, -0.05) is 55.3 Å². The minimum absolute atomic E-state index is 0.0523. The van der Waals surface area contributed by atoms with Crippen molar-refractivity contribution >= 4 is 5.91 Å². The van der Waals surface area contributed by atoms with Gasteiger partial charge in [-0.25, -0.2) is 4.98 Å². The fraction of sp³-hybridized carbons (Fsp3) is 0.360. The van der Waals surface area contributed by atoms with Gasteiger partial charge in [0.2, 0.25) is 0 Å². The van der Waals surface area contributed by atoms with Gasteiger partial charge in [0.25, 0.3) is 5.91 Å². The molecule has 1 aliphatic rings. The molecule has 31 heavy (non-hydrogen) atoms. The molecule has 1 fully saturated rings. The number of hydrogen-bond donors (Lipinski definition) is 2. The lowest BCUT2D eigenvalue weighted by Crippen LogP contribution is -2.30. The Morgan fingerprint density at radius 3 is 2.61 bits per heavy atom. The van der Waals surface area contributed by atoms with Crippen molar-refractivity contribution in [2.45, 2.75) is 44.2 Å². The van der Waals surface area contributed by atoms with Gasteiger partial charge in [-0.2, -0.15) is 0 Å². The third-order valence-electron chi connectivity index (χ3n) is 5.93. The molecule has 0 aliphatic carbocycles. The minimum Gasteiger partial charge on any atom is -0.444 e. The molecule has 2 aromatic carbocycles. The first-order chi connectivity index (χ1) is 15.2. The normalized spacial score (nSPS) is 18.2. The number of benzene rings is 2. The van der Waals surface area contributed by atoms with Gasteiger partial charge in [-0.15, -0.1) is 0 Å². The van der Waals surface area contributed by atoms with Crippen molar-refractivity contribution in [2.75, 3.05) is 13.6 Å². The highest BCUT2D eigenvalue weighted by molar-refractivity contribution is 5.94. The summed E-state index contributed by atoms with van der Waals surface area (Å²) in [7, 11) is 1.87. The van der Waals surface area contributed by atoms with E-state index in [2.05, 4.69) is 46.2 Å². The van der Waals surface area contributed by atoms with Crippen molar-refractivity contribution in [3.05, 3.63) is 78.3 Å². The average molecular weight is 419 g/mol. The summed E-state index contributed by atoms with van der Waals surface area (Å²) in [6.45, 7) is 0.770. The lowest BCUT2D eigenvalue weighted by molar-refractivity contribution is 0.0792. The van der Waals surface area contributed by atoms with E-state index in [1.54, 1.807) is 6.20 Å². The van der Waals surface area contributed by atoms with Crippen LogP contribution in [-0.4, -0.2) is 35.4 Å². The molecule has 2 unspecified atom stereocenters. The van der Waals surface area contributed by atoms with Gasteiger partial charge >= 0.3 is 0 Å². The highest BCUT2D eigenvalue weighted by Crippen LogP contribution is 2.24. The molecule has 2 heterocycles. The van der Waals surface area contributed by atoms with Gasteiger partial charge in [0.05, 0.1) is 6.20 Å². The number of carbonyl (C=O) groups is 1. The fourth-order valence-corrected chi connectivity index (χ4v) is 4.09. The minimum atomic E-state index is 0.0523. The molecular weight excluding hydrogens is 388 g/mol. The van der Waals surface area contributed by atoms with Crippen LogP contribution >= 0.6 is 0 Å². The number of amides is 1. The Hall–Kier alpha value is -2.96. The van der Waals surface area contributed by atoms with E-state index in [1.165, 1.54) is 12.0 Å². The third-order valence-corrected chi connectivity index (χ3v) is 5.93. The highest BCUT2D eigenvalue weighted by atomic mass is 16.3. The molecule has 2 N–H and O–H groups in total. The van der Waals surface area contributed by atoms with Crippen LogP contribution in [0.1, 0.15) is 54.1 Å². The summed E-state index contributed by atoms with van der Waals surface area (Å²) in [5.74, 6) is 0.755. The van der Waals surface area contributed by atoms with Crippen LogP contribution in [0.3, 0.4) is 0 Å². The number of oxazole rings is 1. The predicted molar refractivity (Wildman–Crippen MR) is 121 cm³/mol. The average Bonchev–Trinajstić information content (AvgIpc) is 3.52. The first-order valence-electron chi connectivity index (χ1n) is 11.0. The van der Waals surface area contributed by atoms with Crippen molar-refractivity contribution in [1.82, 2.24) is 20.7 Å². The third kappa shape index (κ3) is 5.60. The van der Waals surface area contributed by atoms with E-state index in [0.717, 1.165) is 44.2 Å². The SMILES string of the molecule is CN(CCCCCC1CC(c2ccccc2)NN1)C(=O)c1ccc(-c2cnco2)cc1. The van der Waals surface area contributed by atoms with E-state index in [9.17, 15) is 4.79 Å². The summed E-state index contributed by atoms with van der Waals surface area (Å²) in [5.41, 5.74) is 9.80. The Labute approximate surface area is 183 Å². The summed E-state index contributed by atoms with van der Waals surface area (Å²) < 4.78 is 5.29. The zero-order valence-corrected chi connectivity index (χ0v) is 18.0. The van der Waals surface area contributed by atoms with Gasteiger partial charge in [0.15, 0.2) is 12.2 Å². The van der Waals surface area contributed by atoms with Crippen LogP contribution in [0.15, 0.2) is 71.6 Å². The summed E-state index contributed by atoms with van der Waals surface area (Å²) in [4.78, 5) is 18.4. The number of unbranched alkanes of at least 4 members (excludes halogenated alkanes) is 2. The lowest BCUT2D eigenvalue weighted by atomic mass is 9.99. The van der Waals surface area contributed by atoms with Crippen LogP contribution in [0.25, 0.3) is 11.3 Å². The van der Waals surface area contributed by atoms with Gasteiger partial charge in [0, 0.05) is 36.8 Å². The Morgan fingerprint density at radius 1 is 1.06 bits per heavy atom. The number of nitrogens with one attached hydrogen (secondary N) is 2. The number of carbonyl (C=O) groups excluding carboxylic acids is 1. The standard InChI is InChI=1S/C25H30N4O2/c1-29(25(30)21-13-11-20(12-14-21)24-17-26-18-31-24)15-7-3-6-10-22-16-23(28-27-22)19-8-4-2-5-9-19/h2,4-5,8-9,11-14,17-18,22-23,27-28H,3,6-7,10,15-16H2,1H3. The van der Waals surface area contributed by atoms with Gasteiger partial charge in [0.1, 0.15) is 0 Å². The molecule has 0 bridgehead atoms. The highest BCUT2D eigenvalue weighted by Gasteiger charge is 2.24. The molecule has 0 radical (unpaired) electrons. The summed E-state index contributed by atoms with van der Waals surface area (Å²) in [6.07, 6.45) is 8.64. The Kier molecular flexibility index (Phi) is 7.12. The number of hydrogen-bond acceptors (Lipinski definition) is 5. The van der Waals surface area contributed by atoms with Gasteiger partial charge in [-0.05, 0) is 37.0 Å². The lowest BCUT2D eigenvalue weighted by Gasteiger charge is -2.17. The molecule has 6 nitrogen and oxygen atoms in total. The monoisotopic (exact) mass is 418 g/mol. The van der Waals surface area contributed by atoms with E-state index >= 15 is 0 Å². The van der Waals surface area contributed by atoms with Crippen LogP contribution in [0.5, 0.6) is 0 Å². The first-order valence-corrected chi connectivity index (χ1v) is 11.0. The smallest absolute Gasteiger partial charge is 0.253 e. The fourth-order valence-electron chi connectivity index (χ4n) is 4.09. The van der Waals surface area contributed by atoms with E-state index in [4.69, 9.17) is 4.42 Å². The number of aromatic nitrogens is 1. The summed E-state index contributed by atoms with van der Waals surface area (Å²) >= 11 is 0. The zero-order valence-electron chi connectivity index (χ0n) is 18.0.